The van der Waals surface area contributed by atoms with Crippen LogP contribution in [0.1, 0.15) is 34.2 Å². The molecular weight excluding hydrogens is 250 g/mol. The SMILES string of the molecule is COC(=O)c1sc(-c2cncn2C2CC2)nc1C. The molecule has 3 rings (SSSR count). The number of methoxy groups -OCH3 is 1. The summed E-state index contributed by atoms with van der Waals surface area (Å²) in [7, 11) is 1.38. The molecule has 0 aromatic carbocycles. The van der Waals surface area contributed by atoms with E-state index in [1.807, 2.05) is 13.3 Å². The molecule has 0 saturated heterocycles. The number of aromatic nitrogens is 3. The molecule has 94 valence electrons. The lowest BCUT2D eigenvalue weighted by Gasteiger charge is -2.02. The third kappa shape index (κ3) is 1.82. The second-order valence-corrected chi connectivity index (χ2v) is 5.34. The standard InChI is InChI=1S/C12H13N3O2S/c1-7-10(12(16)17-2)18-11(14-7)9-5-13-6-15(9)8-3-4-8/h5-6,8H,3-4H2,1-2H3. The summed E-state index contributed by atoms with van der Waals surface area (Å²) in [6.07, 6.45) is 6.02. The fourth-order valence-electron chi connectivity index (χ4n) is 1.90. The average molecular weight is 263 g/mol. The zero-order valence-corrected chi connectivity index (χ0v) is 11.0. The molecule has 2 heterocycles. The van der Waals surface area contributed by atoms with Gasteiger partial charge in [-0.1, -0.05) is 0 Å². The van der Waals surface area contributed by atoms with Crippen molar-refractivity contribution in [1.29, 1.82) is 0 Å². The number of aryl methyl sites for hydroxylation is 1. The second-order valence-electron chi connectivity index (χ2n) is 4.34. The van der Waals surface area contributed by atoms with Crippen LogP contribution >= 0.6 is 11.3 Å². The molecule has 1 saturated carbocycles. The van der Waals surface area contributed by atoms with Crippen molar-refractivity contribution in [3.05, 3.63) is 23.1 Å². The Labute approximate surface area is 108 Å². The molecule has 0 radical (unpaired) electrons. The minimum absolute atomic E-state index is 0.325. The van der Waals surface area contributed by atoms with E-state index in [2.05, 4.69) is 14.5 Å². The summed E-state index contributed by atoms with van der Waals surface area (Å²) in [6, 6.07) is 0.549. The largest absolute Gasteiger partial charge is 0.465 e. The minimum Gasteiger partial charge on any atom is -0.465 e. The number of hydrogen-bond donors (Lipinski definition) is 0. The van der Waals surface area contributed by atoms with Gasteiger partial charge in [0.05, 0.1) is 31.0 Å². The van der Waals surface area contributed by atoms with E-state index in [9.17, 15) is 4.79 Å². The van der Waals surface area contributed by atoms with Crippen molar-refractivity contribution < 1.29 is 9.53 Å². The van der Waals surface area contributed by atoms with Gasteiger partial charge < -0.3 is 9.30 Å². The number of rotatable bonds is 3. The van der Waals surface area contributed by atoms with E-state index in [1.165, 1.54) is 31.3 Å². The molecule has 0 spiro atoms. The highest BCUT2D eigenvalue weighted by Crippen LogP contribution is 2.39. The zero-order chi connectivity index (χ0) is 12.7. The molecule has 2 aromatic heterocycles. The lowest BCUT2D eigenvalue weighted by atomic mass is 10.4. The van der Waals surface area contributed by atoms with Crippen molar-refractivity contribution in [3.8, 4) is 10.7 Å². The monoisotopic (exact) mass is 263 g/mol. The topological polar surface area (TPSA) is 57.0 Å². The van der Waals surface area contributed by atoms with Gasteiger partial charge in [-0.2, -0.15) is 0 Å². The van der Waals surface area contributed by atoms with Crippen molar-refractivity contribution in [2.75, 3.05) is 7.11 Å². The highest BCUT2D eigenvalue weighted by Gasteiger charge is 2.27. The van der Waals surface area contributed by atoms with Crippen molar-refractivity contribution >= 4 is 17.3 Å². The van der Waals surface area contributed by atoms with E-state index in [1.54, 1.807) is 6.20 Å². The summed E-state index contributed by atoms with van der Waals surface area (Å²) in [5, 5.41) is 0.831. The molecule has 0 amide bonds. The maximum absolute atomic E-state index is 11.6. The van der Waals surface area contributed by atoms with Gasteiger partial charge in [-0.25, -0.2) is 14.8 Å². The minimum atomic E-state index is -0.325. The van der Waals surface area contributed by atoms with E-state index in [4.69, 9.17) is 4.74 Å². The van der Waals surface area contributed by atoms with Crippen LogP contribution in [0.3, 0.4) is 0 Å². The average Bonchev–Trinajstić information content (AvgIpc) is 2.97. The Morgan fingerprint density at radius 2 is 2.33 bits per heavy atom. The summed E-state index contributed by atoms with van der Waals surface area (Å²) in [6.45, 7) is 1.82. The third-order valence-electron chi connectivity index (χ3n) is 2.99. The smallest absolute Gasteiger partial charge is 0.349 e. The first kappa shape index (κ1) is 11.4. The molecule has 0 bridgehead atoms. The van der Waals surface area contributed by atoms with Crippen molar-refractivity contribution in [3.63, 3.8) is 0 Å². The molecule has 6 heteroatoms. The first-order valence-corrected chi connectivity index (χ1v) is 6.60. The number of nitrogens with zero attached hydrogens (tertiary/aromatic N) is 3. The van der Waals surface area contributed by atoms with Crippen LogP contribution in [0.25, 0.3) is 10.7 Å². The molecule has 1 fully saturated rings. The second kappa shape index (κ2) is 4.20. The number of ether oxygens (including phenoxy) is 1. The zero-order valence-electron chi connectivity index (χ0n) is 10.2. The number of esters is 1. The van der Waals surface area contributed by atoms with E-state index in [-0.39, 0.29) is 5.97 Å². The molecule has 0 unspecified atom stereocenters. The Balaban J connectivity index is 2.01. The van der Waals surface area contributed by atoms with E-state index >= 15 is 0 Å². The van der Waals surface area contributed by atoms with Gasteiger partial charge in [-0.15, -0.1) is 11.3 Å². The van der Waals surface area contributed by atoms with Crippen LogP contribution in [0.4, 0.5) is 0 Å². The maximum atomic E-state index is 11.6. The number of carbonyl (C=O) groups is 1. The molecule has 0 aliphatic heterocycles. The van der Waals surface area contributed by atoms with E-state index in [0.29, 0.717) is 16.6 Å². The van der Waals surface area contributed by atoms with E-state index < -0.39 is 0 Å². The quantitative estimate of drug-likeness (QED) is 0.798. The van der Waals surface area contributed by atoms with Gasteiger partial charge in [0.15, 0.2) is 0 Å². The van der Waals surface area contributed by atoms with Gasteiger partial charge in [0, 0.05) is 6.04 Å². The first-order valence-electron chi connectivity index (χ1n) is 5.78. The molecule has 1 aliphatic rings. The van der Waals surface area contributed by atoms with Crippen molar-refractivity contribution in [2.24, 2.45) is 0 Å². The molecular formula is C12H13N3O2S. The molecule has 2 aromatic rings. The molecule has 18 heavy (non-hydrogen) atoms. The molecule has 0 N–H and O–H groups in total. The fourth-order valence-corrected chi connectivity index (χ4v) is 2.90. The van der Waals surface area contributed by atoms with E-state index in [0.717, 1.165) is 10.7 Å². The normalized spacial score (nSPS) is 14.8. The molecule has 5 nitrogen and oxygen atoms in total. The lowest BCUT2D eigenvalue weighted by molar-refractivity contribution is 0.0605. The van der Waals surface area contributed by atoms with Crippen LogP contribution in [0, 0.1) is 6.92 Å². The van der Waals surface area contributed by atoms with Gasteiger partial charge in [-0.3, -0.25) is 0 Å². The summed E-state index contributed by atoms with van der Waals surface area (Å²) < 4.78 is 6.89. The molecule has 1 aliphatic carbocycles. The number of hydrogen-bond acceptors (Lipinski definition) is 5. The maximum Gasteiger partial charge on any atom is 0.349 e. The van der Waals surface area contributed by atoms with Crippen LogP contribution in [0.2, 0.25) is 0 Å². The van der Waals surface area contributed by atoms with Crippen LogP contribution < -0.4 is 0 Å². The van der Waals surface area contributed by atoms with Gasteiger partial charge in [0.2, 0.25) is 0 Å². The third-order valence-corrected chi connectivity index (χ3v) is 4.15. The Morgan fingerprint density at radius 1 is 1.56 bits per heavy atom. The van der Waals surface area contributed by atoms with Gasteiger partial charge in [-0.05, 0) is 19.8 Å². The summed E-state index contributed by atoms with van der Waals surface area (Å²) in [4.78, 5) is 20.8. The predicted octanol–water partition coefficient (Wildman–Crippen LogP) is 2.44. The molecule has 0 atom stereocenters. The number of thiazole rings is 1. The van der Waals surface area contributed by atoms with Crippen LogP contribution in [0.15, 0.2) is 12.5 Å². The number of carbonyl (C=O) groups excluding carboxylic acids is 1. The van der Waals surface area contributed by atoms with Gasteiger partial charge in [0.1, 0.15) is 9.88 Å². The summed E-state index contributed by atoms with van der Waals surface area (Å²) in [5.41, 5.74) is 1.70. The lowest BCUT2D eigenvalue weighted by Crippen LogP contribution is -1.99. The van der Waals surface area contributed by atoms with Crippen LogP contribution in [-0.2, 0) is 4.74 Å². The van der Waals surface area contributed by atoms with Crippen LogP contribution in [0.5, 0.6) is 0 Å². The summed E-state index contributed by atoms with van der Waals surface area (Å²) >= 11 is 1.36. The highest BCUT2D eigenvalue weighted by molar-refractivity contribution is 7.17. The number of imidazole rings is 1. The van der Waals surface area contributed by atoms with Gasteiger partial charge in [0.25, 0.3) is 0 Å². The summed E-state index contributed by atoms with van der Waals surface area (Å²) in [5.74, 6) is -0.325. The Bertz CT molecular complexity index is 598. The van der Waals surface area contributed by atoms with Crippen molar-refractivity contribution in [2.45, 2.75) is 25.8 Å². The Morgan fingerprint density at radius 3 is 3.00 bits per heavy atom. The van der Waals surface area contributed by atoms with Crippen molar-refractivity contribution in [1.82, 2.24) is 14.5 Å². The highest BCUT2D eigenvalue weighted by atomic mass is 32.1. The van der Waals surface area contributed by atoms with Gasteiger partial charge >= 0.3 is 5.97 Å². The predicted molar refractivity (Wildman–Crippen MR) is 67.7 cm³/mol. The fraction of sp³-hybridized carbons (Fsp3) is 0.417. The Hall–Kier alpha value is -1.69. The Kier molecular flexibility index (Phi) is 2.66. The first-order chi connectivity index (χ1) is 8.70. The van der Waals surface area contributed by atoms with Crippen LogP contribution in [-0.4, -0.2) is 27.6 Å².